The Morgan fingerprint density at radius 1 is 1.33 bits per heavy atom. The second-order valence-corrected chi connectivity index (χ2v) is 7.09. The van der Waals surface area contributed by atoms with Gasteiger partial charge in [0.1, 0.15) is 5.82 Å². The number of hydrogen-bond donors (Lipinski definition) is 1. The molecule has 0 heterocycles. The normalized spacial score (nSPS) is 26.3. The van der Waals surface area contributed by atoms with Crippen molar-refractivity contribution in [2.75, 3.05) is 6.54 Å². The van der Waals surface area contributed by atoms with Crippen LogP contribution in [0.2, 0.25) is 5.02 Å². The summed E-state index contributed by atoms with van der Waals surface area (Å²) in [6.45, 7) is 7.76. The van der Waals surface area contributed by atoms with Crippen LogP contribution < -0.4 is 5.32 Å². The smallest absolute Gasteiger partial charge is 0.123 e. The fourth-order valence-corrected chi connectivity index (χ4v) is 3.84. The summed E-state index contributed by atoms with van der Waals surface area (Å²) >= 11 is 6.25. The van der Waals surface area contributed by atoms with Crippen LogP contribution >= 0.6 is 11.6 Å². The lowest BCUT2D eigenvalue weighted by Crippen LogP contribution is -2.42. The molecule has 0 radical (unpaired) electrons. The fraction of sp³-hybridized carbons (Fsp3) is 0.667. The molecule has 0 spiro atoms. The van der Waals surface area contributed by atoms with E-state index in [1.807, 2.05) is 0 Å². The van der Waals surface area contributed by atoms with Crippen molar-refractivity contribution in [2.45, 2.75) is 52.5 Å². The molecule has 3 atom stereocenters. The van der Waals surface area contributed by atoms with Gasteiger partial charge in [-0.25, -0.2) is 4.39 Å². The van der Waals surface area contributed by atoms with Gasteiger partial charge in [0.25, 0.3) is 0 Å². The highest BCUT2D eigenvalue weighted by Crippen LogP contribution is 2.36. The molecule has 2 rings (SSSR count). The highest BCUT2D eigenvalue weighted by atomic mass is 35.5. The summed E-state index contributed by atoms with van der Waals surface area (Å²) in [5.41, 5.74) is 0.953. The van der Waals surface area contributed by atoms with Crippen molar-refractivity contribution in [1.29, 1.82) is 0 Å². The summed E-state index contributed by atoms with van der Waals surface area (Å²) in [5, 5.41) is 4.30. The van der Waals surface area contributed by atoms with Gasteiger partial charge in [0, 0.05) is 11.1 Å². The quantitative estimate of drug-likeness (QED) is 0.800. The lowest BCUT2D eigenvalue weighted by atomic mass is 9.71. The van der Waals surface area contributed by atoms with Crippen molar-refractivity contribution in [2.24, 2.45) is 17.8 Å². The summed E-state index contributed by atoms with van der Waals surface area (Å²) in [5.74, 6) is 1.85. The van der Waals surface area contributed by atoms with Crippen LogP contribution in [0.1, 0.15) is 45.6 Å². The standard InChI is InChI=1S/C18H27ClFN/c1-4-21-18-8-5-13(12(2)3)9-15(18)10-14-11-16(20)6-7-17(14)19/h6-7,11-13,15,18,21H,4-5,8-10H2,1-3H3. The first-order chi connectivity index (χ1) is 10.0. The molecule has 0 aliphatic heterocycles. The average molecular weight is 312 g/mol. The maximum absolute atomic E-state index is 13.5. The first-order valence-electron chi connectivity index (χ1n) is 8.18. The number of halogens is 2. The van der Waals surface area contributed by atoms with Gasteiger partial charge in [-0.15, -0.1) is 0 Å². The van der Waals surface area contributed by atoms with Gasteiger partial charge in [-0.1, -0.05) is 32.4 Å². The summed E-state index contributed by atoms with van der Waals surface area (Å²) in [7, 11) is 0. The van der Waals surface area contributed by atoms with Crippen LogP contribution in [0.4, 0.5) is 4.39 Å². The van der Waals surface area contributed by atoms with Crippen LogP contribution in [0, 0.1) is 23.6 Å². The van der Waals surface area contributed by atoms with E-state index in [9.17, 15) is 4.39 Å². The van der Waals surface area contributed by atoms with Gasteiger partial charge >= 0.3 is 0 Å². The Hall–Kier alpha value is -0.600. The lowest BCUT2D eigenvalue weighted by molar-refractivity contribution is 0.169. The first-order valence-corrected chi connectivity index (χ1v) is 8.56. The van der Waals surface area contributed by atoms with E-state index in [0.29, 0.717) is 17.0 Å². The van der Waals surface area contributed by atoms with Gasteiger partial charge in [0.15, 0.2) is 0 Å². The van der Waals surface area contributed by atoms with Crippen LogP contribution in [0.15, 0.2) is 18.2 Å². The number of nitrogens with one attached hydrogen (secondary N) is 1. The van der Waals surface area contributed by atoms with E-state index >= 15 is 0 Å². The topological polar surface area (TPSA) is 12.0 Å². The van der Waals surface area contributed by atoms with Crippen LogP contribution in [-0.2, 0) is 6.42 Å². The molecule has 0 amide bonds. The summed E-state index contributed by atoms with van der Waals surface area (Å²) < 4.78 is 13.5. The summed E-state index contributed by atoms with van der Waals surface area (Å²) in [6, 6.07) is 5.25. The van der Waals surface area contributed by atoms with Crippen molar-refractivity contribution in [3.8, 4) is 0 Å². The molecular weight excluding hydrogens is 285 g/mol. The molecule has 1 fully saturated rings. The van der Waals surface area contributed by atoms with Gasteiger partial charge in [-0.05, 0) is 73.7 Å². The molecule has 3 heteroatoms. The van der Waals surface area contributed by atoms with E-state index in [2.05, 4.69) is 26.1 Å². The Bertz CT molecular complexity index is 461. The maximum atomic E-state index is 13.5. The van der Waals surface area contributed by atoms with Crippen molar-refractivity contribution in [1.82, 2.24) is 5.32 Å². The van der Waals surface area contributed by atoms with Gasteiger partial charge in [-0.2, -0.15) is 0 Å². The van der Waals surface area contributed by atoms with E-state index in [1.54, 1.807) is 12.1 Å². The molecule has 0 bridgehead atoms. The molecule has 1 aromatic rings. The van der Waals surface area contributed by atoms with E-state index < -0.39 is 0 Å². The van der Waals surface area contributed by atoms with Crippen LogP contribution in [0.3, 0.4) is 0 Å². The zero-order valence-electron chi connectivity index (χ0n) is 13.3. The van der Waals surface area contributed by atoms with Gasteiger partial charge in [-0.3, -0.25) is 0 Å². The molecular formula is C18H27ClFN. The van der Waals surface area contributed by atoms with E-state index in [4.69, 9.17) is 11.6 Å². The molecule has 1 aliphatic carbocycles. The molecule has 0 saturated heterocycles. The van der Waals surface area contributed by atoms with E-state index in [0.717, 1.165) is 30.4 Å². The van der Waals surface area contributed by atoms with Crippen LogP contribution in [0.5, 0.6) is 0 Å². The number of rotatable bonds is 5. The monoisotopic (exact) mass is 311 g/mol. The minimum absolute atomic E-state index is 0.189. The van der Waals surface area contributed by atoms with Crippen molar-refractivity contribution in [3.05, 3.63) is 34.6 Å². The second kappa shape index (κ2) is 7.60. The van der Waals surface area contributed by atoms with Crippen molar-refractivity contribution in [3.63, 3.8) is 0 Å². The molecule has 1 saturated carbocycles. The Kier molecular flexibility index (Phi) is 6.07. The Morgan fingerprint density at radius 2 is 2.10 bits per heavy atom. The zero-order valence-corrected chi connectivity index (χ0v) is 14.1. The third-order valence-corrected chi connectivity index (χ3v) is 5.29. The third-order valence-electron chi connectivity index (χ3n) is 4.92. The first kappa shape index (κ1) is 16.8. The number of benzene rings is 1. The summed E-state index contributed by atoms with van der Waals surface area (Å²) in [6.07, 6.45) is 4.59. The molecule has 118 valence electrons. The van der Waals surface area contributed by atoms with Crippen molar-refractivity contribution < 1.29 is 4.39 Å². The van der Waals surface area contributed by atoms with Crippen LogP contribution in [-0.4, -0.2) is 12.6 Å². The van der Waals surface area contributed by atoms with Gasteiger partial charge in [0.05, 0.1) is 0 Å². The Balaban J connectivity index is 2.13. The van der Waals surface area contributed by atoms with Crippen molar-refractivity contribution >= 4 is 11.6 Å². The predicted octanol–water partition coefficient (Wildman–Crippen LogP) is 5.07. The maximum Gasteiger partial charge on any atom is 0.123 e. The van der Waals surface area contributed by atoms with Gasteiger partial charge < -0.3 is 5.32 Å². The molecule has 21 heavy (non-hydrogen) atoms. The second-order valence-electron chi connectivity index (χ2n) is 6.68. The minimum atomic E-state index is -0.189. The molecule has 0 aromatic heterocycles. The van der Waals surface area contributed by atoms with E-state index in [-0.39, 0.29) is 5.82 Å². The molecule has 1 nitrogen and oxygen atoms in total. The molecule has 1 aromatic carbocycles. The largest absolute Gasteiger partial charge is 0.314 e. The summed E-state index contributed by atoms with van der Waals surface area (Å²) in [4.78, 5) is 0. The Morgan fingerprint density at radius 3 is 2.76 bits per heavy atom. The molecule has 1 N–H and O–H groups in total. The molecule has 3 unspecified atom stereocenters. The predicted molar refractivity (Wildman–Crippen MR) is 88.2 cm³/mol. The highest BCUT2D eigenvalue weighted by Gasteiger charge is 2.31. The average Bonchev–Trinajstić information content (AvgIpc) is 2.44. The number of hydrogen-bond acceptors (Lipinski definition) is 1. The van der Waals surface area contributed by atoms with Crippen LogP contribution in [0.25, 0.3) is 0 Å². The Labute approximate surface area is 133 Å². The zero-order chi connectivity index (χ0) is 15.4. The highest BCUT2D eigenvalue weighted by molar-refractivity contribution is 6.31. The van der Waals surface area contributed by atoms with Gasteiger partial charge in [0.2, 0.25) is 0 Å². The van der Waals surface area contributed by atoms with E-state index in [1.165, 1.54) is 25.3 Å². The lowest BCUT2D eigenvalue weighted by Gasteiger charge is -2.38. The third kappa shape index (κ3) is 4.43. The molecule has 1 aliphatic rings. The minimum Gasteiger partial charge on any atom is -0.314 e. The SMILES string of the molecule is CCNC1CCC(C(C)C)CC1Cc1cc(F)ccc1Cl. The fourth-order valence-electron chi connectivity index (χ4n) is 3.64.